The van der Waals surface area contributed by atoms with Crippen LogP contribution in [0.4, 0.5) is 0 Å². The van der Waals surface area contributed by atoms with Crippen LogP contribution in [0.25, 0.3) is 44.4 Å². The van der Waals surface area contributed by atoms with E-state index in [0.29, 0.717) is 50.3 Å². The molecule has 3 aromatic heterocycles. The molecule has 13 heteroatoms. The summed E-state index contributed by atoms with van der Waals surface area (Å²) in [6, 6.07) is 24.7. The summed E-state index contributed by atoms with van der Waals surface area (Å²) in [5.74, 6) is -0.141. The van der Waals surface area contributed by atoms with Gasteiger partial charge in [0.15, 0.2) is 0 Å². The zero-order valence-electron chi connectivity index (χ0n) is 32.8. The number of imidazole rings is 1. The normalized spacial score (nSPS) is 16.2. The average Bonchev–Trinajstić information content (AvgIpc) is 3.80. The summed E-state index contributed by atoms with van der Waals surface area (Å²) in [4.78, 5) is 80.5. The fourth-order valence-electron chi connectivity index (χ4n) is 8.53. The molecule has 3 aromatic carbocycles. The van der Waals surface area contributed by atoms with E-state index < -0.39 is 11.9 Å². The van der Waals surface area contributed by atoms with Crippen molar-refractivity contribution in [1.82, 2.24) is 40.0 Å². The third kappa shape index (κ3) is 7.02. The maximum atomic E-state index is 13.3. The minimum Gasteiger partial charge on any atom is -0.350 e. The van der Waals surface area contributed by atoms with Crippen molar-refractivity contribution in [3.63, 3.8) is 0 Å². The van der Waals surface area contributed by atoms with Crippen LogP contribution in [0.15, 0.2) is 91.3 Å². The Morgan fingerprint density at radius 1 is 0.864 bits per heavy atom. The van der Waals surface area contributed by atoms with Gasteiger partial charge in [0.2, 0.25) is 17.7 Å². The number of rotatable bonds is 9. The Balaban J connectivity index is 0.835. The highest BCUT2D eigenvalue weighted by atomic mass is 16.2. The number of fused-ring (bicyclic) bond motifs is 3. The summed E-state index contributed by atoms with van der Waals surface area (Å²) in [6.45, 7) is 6.36. The minimum atomic E-state index is -0.667. The number of carbonyl (C=O) groups excluding carboxylic acids is 5. The van der Waals surface area contributed by atoms with E-state index in [4.69, 9.17) is 9.97 Å². The number of carbonyl (C=O) groups is 5. The molecule has 296 valence electrons. The first kappa shape index (κ1) is 37.6. The predicted molar refractivity (Wildman–Crippen MR) is 221 cm³/mol. The number of hydrogen-bond acceptors (Lipinski definition) is 8. The Morgan fingerprint density at radius 2 is 1.64 bits per heavy atom. The highest BCUT2D eigenvalue weighted by molar-refractivity contribution is 6.06. The number of imide groups is 1. The second-order valence-electron chi connectivity index (χ2n) is 15.2. The number of pyridine rings is 2. The maximum absolute atomic E-state index is 13.3. The summed E-state index contributed by atoms with van der Waals surface area (Å²) < 4.78 is 2.25. The molecule has 9 rings (SSSR count). The van der Waals surface area contributed by atoms with Gasteiger partial charge in [-0.25, -0.2) is 4.98 Å². The van der Waals surface area contributed by atoms with Crippen LogP contribution in [0.1, 0.15) is 70.2 Å². The molecule has 1 atom stereocenters. The molecule has 0 radical (unpaired) electrons. The van der Waals surface area contributed by atoms with E-state index in [0.717, 1.165) is 80.0 Å². The second kappa shape index (κ2) is 15.4. The zero-order valence-corrected chi connectivity index (χ0v) is 32.8. The van der Waals surface area contributed by atoms with Gasteiger partial charge in [-0.2, -0.15) is 0 Å². The number of hydrogen-bond donors (Lipinski definition) is 2. The smallest absolute Gasteiger partial charge is 0.269 e. The summed E-state index contributed by atoms with van der Waals surface area (Å²) in [7, 11) is 0. The van der Waals surface area contributed by atoms with Crippen LogP contribution in [0, 0.1) is 0 Å². The van der Waals surface area contributed by atoms with Gasteiger partial charge in [0.1, 0.15) is 17.6 Å². The number of nitrogens with one attached hydrogen (secondary N) is 2. The van der Waals surface area contributed by atoms with Gasteiger partial charge in [0, 0.05) is 80.4 Å². The molecule has 0 bridgehead atoms. The van der Waals surface area contributed by atoms with Gasteiger partial charge in [-0.3, -0.25) is 39.3 Å². The summed E-state index contributed by atoms with van der Waals surface area (Å²) in [6.07, 6.45) is 5.46. The molecule has 1 unspecified atom stereocenters. The van der Waals surface area contributed by atoms with Crippen LogP contribution >= 0.6 is 0 Å². The summed E-state index contributed by atoms with van der Waals surface area (Å²) >= 11 is 0. The Hall–Kier alpha value is -7.02. The van der Waals surface area contributed by atoms with Gasteiger partial charge in [0.05, 0.1) is 23.6 Å². The molecule has 0 aliphatic carbocycles. The zero-order chi connectivity index (χ0) is 40.8. The average molecular weight is 787 g/mol. The minimum absolute atomic E-state index is 0.0582. The predicted octanol–water partition coefficient (Wildman–Crippen LogP) is 5.49. The first-order valence-corrected chi connectivity index (χ1v) is 20.0. The fourth-order valence-corrected chi connectivity index (χ4v) is 8.53. The summed E-state index contributed by atoms with van der Waals surface area (Å²) in [5, 5.41) is 7.30. The molecule has 13 nitrogen and oxygen atoms in total. The molecule has 3 aliphatic heterocycles. The quantitative estimate of drug-likeness (QED) is 0.182. The first-order valence-electron chi connectivity index (χ1n) is 20.0. The van der Waals surface area contributed by atoms with Crippen LogP contribution in [-0.2, 0) is 46.9 Å². The van der Waals surface area contributed by atoms with Gasteiger partial charge in [-0.05, 0) is 64.7 Å². The molecule has 0 saturated carbocycles. The lowest BCUT2D eigenvalue weighted by molar-refractivity contribution is -0.137. The molecule has 1 fully saturated rings. The van der Waals surface area contributed by atoms with Crippen molar-refractivity contribution in [1.29, 1.82) is 0 Å². The Labute approximate surface area is 340 Å². The molecule has 3 aliphatic rings. The van der Waals surface area contributed by atoms with E-state index in [1.165, 1.54) is 0 Å². The Bertz CT molecular complexity index is 2690. The van der Waals surface area contributed by atoms with Gasteiger partial charge in [-0.15, -0.1) is 0 Å². The molecule has 5 amide bonds. The van der Waals surface area contributed by atoms with Crippen LogP contribution in [-0.4, -0.2) is 78.0 Å². The topological polar surface area (TPSA) is 159 Å². The van der Waals surface area contributed by atoms with Crippen molar-refractivity contribution in [3.8, 4) is 33.6 Å². The molecule has 6 heterocycles. The van der Waals surface area contributed by atoms with Gasteiger partial charge < -0.3 is 19.7 Å². The SMILES string of the molecule is CCc1nc(-c2cccc3cc(-c4ccc(C(=O)NCCc5ccc(-c6cccc7c6CN(C6CCC(=O)NC6=O)C7=O)cc5)nc4)ncc23)c2n1CCN(C(C)=O)C2. The molecule has 2 N–H and O–H groups in total. The van der Waals surface area contributed by atoms with E-state index >= 15 is 0 Å². The maximum Gasteiger partial charge on any atom is 0.269 e. The van der Waals surface area contributed by atoms with Crippen molar-refractivity contribution in [2.75, 3.05) is 13.1 Å². The second-order valence-corrected chi connectivity index (χ2v) is 15.2. The largest absolute Gasteiger partial charge is 0.350 e. The number of piperidine rings is 1. The van der Waals surface area contributed by atoms with E-state index in [1.807, 2.05) is 71.8 Å². The Kier molecular flexibility index (Phi) is 9.79. The molecular formula is C46H42N8O5. The first-order chi connectivity index (χ1) is 28.7. The van der Waals surface area contributed by atoms with E-state index in [1.54, 1.807) is 30.2 Å². The molecule has 6 aromatic rings. The third-order valence-corrected chi connectivity index (χ3v) is 11.7. The van der Waals surface area contributed by atoms with E-state index in [-0.39, 0.29) is 30.0 Å². The van der Waals surface area contributed by atoms with Crippen LogP contribution in [0.5, 0.6) is 0 Å². The lowest BCUT2D eigenvalue weighted by atomic mass is 9.96. The van der Waals surface area contributed by atoms with Crippen molar-refractivity contribution in [2.45, 2.75) is 65.2 Å². The van der Waals surface area contributed by atoms with Gasteiger partial charge in [-0.1, -0.05) is 61.5 Å². The van der Waals surface area contributed by atoms with Crippen molar-refractivity contribution in [3.05, 3.63) is 125 Å². The number of aromatic nitrogens is 4. The highest BCUT2D eigenvalue weighted by Gasteiger charge is 2.40. The van der Waals surface area contributed by atoms with Crippen molar-refractivity contribution < 1.29 is 24.0 Å². The van der Waals surface area contributed by atoms with E-state index in [2.05, 4.69) is 33.2 Å². The lowest BCUT2D eigenvalue weighted by Gasteiger charge is -2.29. The van der Waals surface area contributed by atoms with Crippen LogP contribution in [0.2, 0.25) is 0 Å². The molecule has 0 spiro atoms. The van der Waals surface area contributed by atoms with Crippen molar-refractivity contribution >= 4 is 40.3 Å². The van der Waals surface area contributed by atoms with Gasteiger partial charge >= 0.3 is 0 Å². The molecular weight excluding hydrogens is 745 g/mol. The molecule has 1 saturated heterocycles. The Morgan fingerprint density at radius 3 is 2.41 bits per heavy atom. The lowest BCUT2D eigenvalue weighted by Crippen LogP contribution is -2.52. The third-order valence-electron chi connectivity index (χ3n) is 11.7. The van der Waals surface area contributed by atoms with Gasteiger partial charge in [0.25, 0.3) is 11.8 Å². The summed E-state index contributed by atoms with van der Waals surface area (Å²) in [5.41, 5.74) is 9.08. The van der Waals surface area contributed by atoms with Crippen LogP contribution < -0.4 is 10.6 Å². The standard InChI is InChI=1S/C46H42N8O5/c1-3-41-50-43(40-26-52(27(2)55)20-21-53(40)41)33-8-4-6-30-22-38(49-24-35(30)33)31-14-15-37(48-23-31)44(57)47-19-18-28-10-12-29(13-11-28)32-7-5-9-34-36(32)25-54(46(34)59)39-16-17-42(56)51-45(39)58/h4-15,22-24,39H,3,16-21,25-26H2,1-2H3,(H,47,57)(H,51,56,58). The van der Waals surface area contributed by atoms with E-state index in [9.17, 15) is 24.0 Å². The van der Waals surface area contributed by atoms with Crippen LogP contribution in [0.3, 0.4) is 0 Å². The molecule has 59 heavy (non-hydrogen) atoms. The fraction of sp³-hybridized carbons (Fsp3) is 0.261. The number of aryl methyl sites for hydroxylation is 1. The number of benzene rings is 3. The number of nitrogens with zero attached hydrogens (tertiary/aromatic N) is 6. The number of amides is 5. The monoisotopic (exact) mass is 786 g/mol. The highest BCUT2D eigenvalue weighted by Crippen LogP contribution is 2.36. The van der Waals surface area contributed by atoms with Crippen molar-refractivity contribution in [2.24, 2.45) is 0 Å².